The van der Waals surface area contributed by atoms with Crippen LogP contribution in [0.2, 0.25) is 0 Å². The fourth-order valence-corrected chi connectivity index (χ4v) is 8.38. The Morgan fingerprint density at radius 1 is 0.821 bits per heavy atom. The third-order valence-corrected chi connectivity index (χ3v) is 11.5. The molecule has 2 aliphatic heterocycles. The number of fused-ring (bicyclic) bond motifs is 1. The lowest BCUT2D eigenvalue weighted by molar-refractivity contribution is -0.137. The summed E-state index contributed by atoms with van der Waals surface area (Å²) in [5.41, 5.74) is 4.12. The van der Waals surface area contributed by atoms with Crippen molar-refractivity contribution in [2.75, 3.05) is 27.3 Å². The Hall–Kier alpha value is -5.78. The molecule has 2 aliphatic rings. The van der Waals surface area contributed by atoms with Gasteiger partial charge in [-0.3, -0.25) is 14.0 Å². The molecule has 4 aromatic heterocycles. The Morgan fingerprint density at radius 3 is 2.09 bits per heavy atom. The number of aromatic nitrogens is 7. The highest BCUT2D eigenvalue weighted by molar-refractivity contribution is 7.20. The Kier molecular flexibility index (Phi) is 11.1. The van der Waals surface area contributed by atoms with E-state index >= 15 is 0 Å². The molecule has 2 saturated heterocycles. The standard InChI is InChI=1S/C38H47N11O6S/c1-21(2)31(42-37(52)54-5)34(50)47-15-7-9-28(47)33-39-17-25(40-33)23-11-13-24(14-12-23)29-20-46-18-26(41-36(46)56-29)27-19-49(45-44-27)30-10-8-16-48(30)35(51)32(22(3)4)43-38(53)55-6/h11-14,17-22,28,30-32H,7-10,15-16H2,1-6H3,(H,39,40)(H,42,52)(H,43,53). The summed E-state index contributed by atoms with van der Waals surface area (Å²) in [4.78, 5) is 69.3. The van der Waals surface area contributed by atoms with Crippen LogP contribution in [0.25, 0.3) is 38.0 Å². The predicted molar refractivity (Wildman–Crippen MR) is 207 cm³/mol. The summed E-state index contributed by atoms with van der Waals surface area (Å²) >= 11 is 1.56. The van der Waals surface area contributed by atoms with Crippen molar-refractivity contribution >= 4 is 40.3 Å². The maximum atomic E-state index is 13.5. The number of rotatable bonds is 11. The van der Waals surface area contributed by atoms with E-state index in [0.717, 1.165) is 52.3 Å². The Balaban J connectivity index is 1.02. The first-order chi connectivity index (χ1) is 26.9. The molecule has 0 bridgehead atoms. The van der Waals surface area contributed by atoms with E-state index in [0.29, 0.717) is 30.3 Å². The van der Waals surface area contributed by atoms with Crippen LogP contribution in [-0.2, 0) is 19.1 Å². The second-order valence-corrected chi connectivity index (χ2v) is 15.8. The van der Waals surface area contributed by atoms with E-state index in [9.17, 15) is 19.2 Å². The molecule has 1 aromatic carbocycles. The number of benzene rings is 1. The molecule has 56 heavy (non-hydrogen) atoms. The molecule has 6 heterocycles. The smallest absolute Gasteiger partial charge is 0.407 e. The number of H-pyrrole nitrogens is 1. The minimum Gasteiger partial charge on any atom is -0.453 e. The van der Waals surface area contributed by atoms with Gasteiger partial charge in [0.2, 0.25) is 11.8 Å². The van der Waals surface area contributed by atoms with Crippen LogP contribution in [-0.4, -0.2) is 108 Å². The molecule has 4 amide bonds. The van der Waals surface area contributed by atoms with E-state index in [2.05, 4.69) is 43.0 Å². The molecule has 7 rings (SSSR count). The fourth-order valence-electron chi connectivity index (χ4n) is 7.41. The van der Waals surface area contributed by atoms with Crippen molar-refractivity contribution in [1.29, 1.82) is 0 Å². The molecule has 296 valence electrons. The van der Waals surface area contributed by atoms with E-state index < -0.39 is 24.3 Å². The summed E-state index contributed by atoms with van der Waals surface area (Å²) in [5.74, 6) is 0.150. The largest absolute Gasteiger partial charge is 0.453 e. The van der Waals surface area contributed by atoms with Crippen LogP contribution in [0.1, 0.15) is 71.4 Å². The van der Waals surface area contributed by atoms with Crippen LogP contribution in [0, 0.1) is 11.8 Å². The lowest BCUT2D eigenvalue weighted by Gasteiger charge is -2.30. The molecule has 2 fully saturated rings. The summed E-state index contributed by atoms with van der Waals surface area (Å²) in [7, 11) is 2.56. The number of carbonyl (C=O) groups excluding carboxylic acids is 4. The number of hydrogen-bond acceptors (Lipinski definition) is 11. The number of thiazole rings is 1. The Bertz CT molecular complexity index is 2170. The molecule has 0 saturated carbocycles. The average molecular weight is 786 g/mol. The number of alkyl carbamates (subject to hydrolysis) is 2. The second kappa shape index (κ2) is 16.1. The molecule has 3 N–H and O–H groups in total. The number of amides is 4. The summed E-state index contributed by atoms with van der Waals surface area (Å²) in [6.45, 7) is 8.70. The molecule has 0 radical (unpaired) electrons. The van der Waals surface area contributed by atoms with E-state index in [1.54, 1.807) is 32.0 Å². The van der Waals surface area contributed by atoms with Crippen molar-refractivity contribution < 1.29 is 28.7 Å². The number of carbonyl (C=O) groups is 4. The first kappa shape index (κ1) is 38.5. The zero-order valence-electron chi connectivity index (χ0n) is 32.3. The van der Waals surface area contributed by atoms with Crippen LogP contribution in [0.3, 0.4) is 0 Å². The van der Waals surface area contributed by atoms with E-state index in [1.165, 1.54) is 14.2 Å². The van der Waals surface area contributed by atoms with Gasteiger partial charge in [-0.2, -0.15) is 0 Å². The number of hydrogen-bond donors (Lipinski definition) is 3. The van der Waals surface area contributed by atoms with Gasteiger partial charge in [-0.15, -0.1) is 5.10 Å². The summed E-state index contributed by atoms with van der Waals surface area (Å²) < 4.78 is 13.2. The predicted octanol–water partition coefficient (Wildman–Crippen LogP) is 5.26. The molecule has 0 aliphatic carbocycles. The van der Waals surface area contributed by atoms with Gasteiger partial charge in [-0.25, -0.2) is 24.2 Å². The number of aromatic amines is 1. The molecule has 18 heteroatoms. The van der Waals surface area contributed by atoms with Gasteiger partial charge in [0.25, 0.3) is 0 Å². The first-order valence-electron chi connectivity index (χ1n) is 18.8. The van der Waals surface area contributed by atoms with Crippen molar-refractivity contribution in [1.82, 2.24) is 54.8 Å². The van der Waals surface area contributed by atoms with Gasteiger partial charge in [0.1, 0.15) is 35.5 Å². The van der Waals surface area contributed by atoms with Gasteiger partial charge in [-0.05, 0) is 48.6 Å². The molecule has 5 aromatic rings. The Labute approximate surface area is 327 Å². The molecule has 4 atom stereocenters. The summed E-state index contributed by atoms with van der Waals surface area (Å²) in [6, 6.07) is 6.57. The van der Waals surface area contributed by atoms with Crippen LogP contribution < -0.4 is 10.6 Å². The van der Waals surface area contributed by atoms with Crippen LogP contribution in [0.15, 0.2) is 49.1 Å². The highest BCUT2D eigenvalue weighted by atomic mass is 32.1. The van der Waals surface area contributed by atoms with Crippen molar-refractivity contribution in [2.45, 2.75) is 77.7 Å². The molecule has 17 nitrogen and oxygen atoms in total. The van der Waals surface area contributed by atoms with Crippen LogP contribution >= 0.6 is 11.3 Å². The lowest BCUT2D eigenvalue weighted by atomic mass is 10.0. The highest BCUT2D eigenvalue weighted by Crippen LogP contribution is 2.35. The van der Waals surface area contributed by atoms with Crippen molar-refractivity contribution in [2.24, 2.45) is 11.8 Å². The minimum absolute atomic E-state index is 0.109. The monoisotopic (exact) mass is 785 g/mol. The zero-order chi connectivity index (χ0) is 39.7. The van der Waals surface area contributed by atoms with Gasteiger partial charge < -0.3 is 34.9 Å². The van der Waals surface area contributed by atoms with Gasteiger partial charge >= 0.3 is 12.2 Å². The molecular weight excluding hydrogens is 739 g/mol. The van der Waals surface area contributed by atoms with Gasteiger partial charge in [-0.1, -0.05) is 68.5 Å². The van der Waals surface area contributed by atoms with Crippen LogP contribution in [0.5, 0.6) is 0 Å². The molecular formula is C38H47N11O6S. The maximum absolute atomic E-state index is 13.5. The van der Waals surface area contributed by atoms with Crippen molar-refractivity contribution in [3.05, 3.63) is 54.9 Å². The fraction of sp³-hybridized carbons (Fsp3) is 0.474. The van der Waals surface area contributed by atoms with E-state index in [4.69, 9.17) is 14.5 Å². The third-order valence-electron chi connectivity index (χ3n) is 10.4. The lowest BCUT2D eigenvalue weighted by Crippen LogP contribution is -2.51. The third kappa shape index (κ3) is 7.69. The van der Waals surface area contributed by atoms with Crippen LogP contribution in [0.4, 0.5) is 9.59 Å². The Morgan fingerprint density at radius 2 is 1.45 bits per heavy atom. The summed E-state index contributed by atoms with van der Waals surface area (Å²) in [5, 5.41) is 14.1. The zero-order valence-corrected chi connectivity index (χ0v) is 33.1. The SMILES string of the molecule is COC(=O)NC(C(=O)N1CCCC1c1ncc(-c2ccc(-c3cn4cc(-c5cn(C6CCCN6C(=O)C(NC(=O)OC)C(C)C)nn5)nc4s3)cc2)[nH]1)C(C)C. The van der Waals surface area contributed by atoms with Gasteiger partial charge in [0.15, 0.2) is 4.96 Å². The maximum Gasteiger partial charge on any atom is 0.407 e. The van der Waals surface area contributed by atoms with Crippen molar-refractivity contribution in [3.63, 3.8) is 0 Å². The molecule has 0 spiro atoms. The number of likely N-dealkylation sites (tertiary alicyclic amines) is 2. The number of nitrogens with zero attached hydrogens (tertiary/aromatic N) is 8. The van der Waals surface area contributed by atoms with E-state index in [1.807, 2.05) is 62.8 Å². The first-order valence-corrected chi connectivity index (χ1v) is 19.6. The number of nitrogens with one attached hydrogen (secondary N) is 3. The normalized spacial score (nSPS) is 18.1. The number of methoxy groups -OCH3 is 2. The number of ether oxygens (including phenoxy) is 2. The molecule has 4 unspecified atom stereocenters. The average Bonchev–Trinajstić information content (AvgIpc) is 4.04. The van der Waals surface area contributed by atoms with Gasteiger partial charge in [0.05, 0.1) is 43.2 Å². The topological polar surface area (TPSA) is 194 Å². The minimum atomic E-state index is -0.718. The number of imidazole rings is 2. The highest BCUT2D eigenvalue weighted by Gasteiger charge is 2.39. The van der Waals surface area contributed by atoms with Gasteiger partial charge in [0, 0.05) is 25.5 Å². The summed E-state index contributed by atoms with van der Waals surface area (Å²) in [6.07, 6.45) is 9.11. The second-order valence-electron chi connectivity index (χ2n) is 14.8. The quantitative estimate of drug-likeness (QED) is 0.159. The van der Waals surface area contributed by atoms with Crippen molar-refractivity contribution in [3.8, 4) is 33.1 Å². The van der Waals surface area contributed by atoms with E-state index in [-0.39, 0.29) is 35.9 Å².